The van der Waals surface area contributed by atoms with Gasteiger partial charge in [0, 0.05) is 7.05 Å². The maximum atomic E-state index is 11.5. The van der Waals surface area contributed by atoms with Crippen molar-refractivity contribution in [2.45, 2.75) is 13.3 Å². The highest BCUT2D eigenvalue weighted by atomic mass is 16.1. The van der Waals surface area contributed by atoms with Crippen LogP contribution in [0.4, 0.5) is 0 Å². The van der Waals surface area contributed by atoms with Crippen LogP contribution in [0.3, 0.4) is 0 Å². The Morgan fingerprint density at radius 2 is 2.21 bits per heavy atom. The van der Waals surface area contributed by atoms with Gasteiger partial charge in [0.15, 0.2) is 0 Å². The number of hydrogen-bond donors (Lipinski definition) is 0. The highest BCUT2D eigenvalue weighted by Crippen LogP contribution is 2.11. The fraction of sp³-hybridized carbons (Fsp3) is 0.273. The molecule has 1 aromatic heterocycles. The SMILES string of the molecule is CCc1ccc2c(c1)c(=O)ncn2C. The van der Waals surface area contributed by atoms with Crippen molar-refractivity contribution in [2.75, 3.05) is 0 Å². The molecule has 0 amide bonds. The molecule has 0 spiro atoms. The first-order valence-corrected chi connectivity index (χ1v) is 4.66. The number of aromatic nitrogens is 2. The minimum atomic E-state index is -0.145. The second-order valence-electron chi connectivity index (χ2n) is 3.37. The Hall–Kier alpha value is -1.64. The molecule has 0 unspecified atom stereocenters. The van der Waals surface area contributed by atoms with Gasteiger partial charge in [-0.25, -0.2) is 0 Å². The van der Waals surface area contributed by atoms with Crippen LogP contribution in [0.25, 0.3) is 10.9 Å². The van der Waals surface area contributed by atoms with E-state index in [4.69, 9.17) is 0 Å². The molecule has 14 heavy (non-hydrogen) atoms. The number of hydrogen-bond acceptors (Lipinski definition) is 2. The molecule has 3 heteroatoms. The Labute approximate surface area is 82.0 Å². The molecule has 0 aliphatic carbocycles. The van der Waals surface area contributed by atoms with Gasteiger partial charge < -0.3 is 4.57 Å². The molecular formula is C11H12N2O. The Bertz CT molecular complexity index is 528. The molecule has 1 aromatic carbocycles. The van der Waals surface area contributed by atoms with E-state index in [0.29, 0.717) is 5.39 Å². The monoisotopic (exact) mass is 188 g/mol. The van der Waals surface area contributed by atoms with Crippen molar-refractivity contribution < 1.29 is 0 Å². The number of benzene rings is 1. The Kier molecular flexibility index (Phi) is 2.08. The van der Waals surface area contributed by atoms with Crippen molar-refractivity contribution >= 4 is 10.9 Å². The summed E-state index contributed by atoms with van der Waals surface area (Å²) < 4.78 is 1.86. The second kappa shape index (κ2) is 3.25. The van der Waals surface area contributed by atoms with E-state index >= 15 is 0 Å². The molecular weight excluding hydrogens is 176 g/mol. The minimum absolute atomic E-state index is 0.145. The van der Waals surface area contributed by atoms with Crippen molar-refractivity contribution in [3.63, 3.8) is 0 Å². The lowest BCUT2D eigenvalue weighted by Gasteiger charge is -2.04. The van der Waals surface area contributed by atoms with E-state index in [1.807, 2.05) is 29.8 Å². The van der Waals surface area contributed by atoms with Crippen LogP contribution >= 0.6 is 0 Å². The zero-order chi connectivity index (χ0) is 10.1. The van der Waals surface area contributed by atoms with E-state index in [1.54, 1.807) is 6.33 Å². The van der Waals surface area contributed by atoms with Crippen LogP contribution in [0.5, 0.6) is 0 Å². The molecule has 0 atom stereocenters. The summed E-state index contributed by atoms with van der Waals surface area (Å²) in [5.41, 5.74) is 1.96. The van der Waals surface area contributed by atoms with Crippen LogP contribution in [0, 0.1) is 0 Å². The third-order valence-electron chi connectivity index (χ3n) is 2.43. The van der Waals surface area contributed by atoms with Gasteiger partial charge >= 0.3 is 0 Å². The van der Waals surface area contributed by atoms with Gasteiger partial charge in [-0.2, -0.15) is 4.98 Å². The largest absolute Gasteiger partial charge is 0.335 e. The summed E-state index contributed by atoms with van der Waals surface area (Å²) in [5.74, 6) is 0. The number of fused-ring (bicyclic) bond motifs is 1. The molecule has 0 aliphatic rings. The highest BCUT2D eigenvalue weighted by Gasteiger charge is 2.01. The molecule has 72 valence electrons. The topological polar surface area (TPSA) is 34.9 Å². The number of rotatable bonds is 1. The predicted octanol–water partition coefficient (Wildman–Crippen LogP) is 1.50. The van der Waals surface area contributed by atoms with Crippen molar-refractivity contribution in [3.05, 3.63) is 40.4 Å². The van der Waals surface area contributed by atoms with E-state index in [0.717, 1.165) is 11.9 Å². The molecule has 0 saturated carbocycles. The zero-order valence-electron chi connectivity index (χ0n) is 8.32. The molecule has 2 rings (SSSR count). The van der Waals surface area contributed by atoms with E-state index in [1.165, 1.54) is 5.56 Å². The first-order valence-electron chi connectivity index (χ1n) is 4.66. The minimum Gasteiger partial charge on any atom is -0.335 e. The standard InChI is InChI=1S/C11H12N2O/c1-3-8-4-5-10-9(6-8)11(14)12-7-13(10)2/h4-7H,3H2,1-2H3. The lowest BCUT2D eigenvalue weighted by molar-refractivity contribution is 0.900. The second-order valence-corrected chi connectivity index (χ2v) is 3.37. The van der Waals surface area contributed by atoms with Crippen molar-refractivity contribution in [3.8, 4) is 0 Å². The predicted molar refractivity (Wildman–Crippen MR) is 56.4 cm³/mol. The molecule has 0 aliphatic heterocycles. The molecule has 0 fully saturated rings. The van der Waals surface area contributed by atoms with Gasteiger partial charge in [-0.05, 0) is 24.1 Å². The maximum absolute atomic E-state index is 11.5. The summed E-state index contributed by atoms with van der Waals surface area (Å²) in [7, 11) is 1.89. The van der Waals surface area contributed by atoms with Gasteiger partial charge in [-0.15, -0.1) is 0 Å². The molecule has 2 aromatic rings. The summed E-state index contributed by atoms with van der Waals surface area (Å²) in [4.78, 5) is 15.3. The average Bonchev–Trinajstić information content (AvgIpc) is 2.23. The maximum Gasteiger partial charge on any atom is 0.280 e. The fourth-order valence-electron chi connectivity index (χ4n) is 1.55. The van der Waals surface area contributed by atoms with Gasteiger partial charge in [0.25, 0.3) is 5.56 Å². The first-order chi connectivity index (χ1) is 6.72. The van der Waals surface area contributed by atoms with E-state index in [2.05, 4.69) is 11.9 Å². The van der Waals surface area contributed by atoms with Gasteiger partial charge in [0.2, 0.25) is 0 Å². The molecule has 1 heterocycles. The number of nitrogens with zero attached hydrogens (tertiary/aromatic N) is 2. The Morgan fingerprint density at radius 1 is 1.43 bits per heavy atom. The van der Waals surface area contributed by atoms with E-state index in [-0.39, 0.29) is 5.56 Å². The highest BCUT2D eigenvalue weighted by molar-refractivity contribution is 5.78. The van der Waals surface area contributed by atoms with Gasteiger partial charge in [0.1, 0.15) is 0 Å². The van der Waals surface area contributed by atoms with Crippen molar-refractivity contribution in [1.82, 2.24) is 9.55 Å². The Morgan fingerprint density at radius 3 is 2.93 bits per heavy atom. The quantitative estimate of drug-likeness (QED) is 0.679. The molecule has 3 nitrogen and oxygen atoms in total. The smallest absolute Gasteiger partial charge is 0.280 e. The fourth-order valence-corrected chi connectivity index (χ4v) is 1.55. The summed E-state index contributed by atoms with van der Waals surface area (Å²) in [6.07, 6.45) is 2.49. The molecule has 0 bridgehead atoms. The van der Waals surface area contributed by atoms with Gasteiger partial charge in [-0.3, -0.25) is 4.79 Å². The average molecular weight is 188 g/mol. The van der Waals surface area contributed by atoms with Gasteiger partial charge in [-0.1, -0.05) is 13.0 Å². The lowest BCUT2D eigenvalue weighted by atomic mass is 10.1. The summed E-state index contributed by atoms with van der Waals surface area (Å²) in [6.45, 7) is 2.07. The first kappa shape index (κ1) is 8.94. The van der Waals surface area contributed by atoms with Crippen LogP contribution < -0.4 is 5.56 Å². The summed E-state index contributed by atoms with van der Waals surface area (Å²) in [5, 5.41) is 0.703. The van der Waals surface area contributed by atoms with E-state index in [9.17, 15) is 4.79 Å². The third-order valence-corrected chi connectivity index (χ3v) is 2.43. The van der Waals surface area contributed by atoms with E-state index < -0.39 is 0 Å². The molecule has 0 saturated heterocycles. The van der Waals surface area contributed by atoms with Crippen LogP contribution in [-0.2, 0) is 13.5 Å². The van der Waals surface area contributed by atoms with Gasteiger partial charge in [0.05, 0.1) is 17.2 Å². The zero-order valence-corrected chi connectivity index (χ0v) is 8.32. The summed E-state index contributed by atoms with van der Waals surface area (Å²) in [6, 6.07) is 5.93. The number of aryl methyl sites for hydroxylation is 2. The lowest BCUT2D eigenvalue weighted by Crippen LogP contribution is -2.10. The van der Waals surface area contributed by atoms with Crippen molar-refractivity contribution in [2.24, 2.45) is 7.05 Å². The summed E-state index contributed by atoms with van der Waals surface area (Å²) >= 11 is 0. The Balaban J connectivity index is 2.87. The van der Waals surface area contributed by atoms with Crippen LogP contribution in [0.15, 0.2) is 29.3 Å². The van der Waals surface area contributed by atoms with Crippen LogP contribution in [-0.4, -0.2) is 9.55 Å². The van der Waals surface area contributed by atoms with Crippen molar-refractivity contribution in [1.29, 1.82) is 0 Å². The third kappa shape index (κ3) is 1.31. The van der Waals surface area contributed by atoms with Crippen LogP contribution in [0.1, 0.15) is 12.5 Å². The van der Waals surface area contributed by atoms with Crippen LogP contribution in [0.2, 0.25) is 0 Å². The molecule has 0 radical (unpaired) electrons. The molecule has 0 N–H and O–H groups in total. The normalized spacial score (nSPS) is 10.7.